The van der Waals surface area contributed by atoms with Crippen LogP contribution in [0.25, 0.3) is 0 Å². The van der Waals surface area contributed by atoms with E-state index in [9.17, 15) is 9.90 Å². The highest BCUT2D eigenvalue weighted by molar-refractivity contribution is 5.98. The first-order valence-corrected chi connectivity index (χ1v) is 5.78. The summed E-state index contributed by atoms with van der Waals surface area (Å²) in [6.45, 7) is 0.485. The lowest BCUT2D eigenvalue weighted by molar-refractivity contribution is -0.0678. The van der Waals surface area contributed by atoms with E-state index in [4.69, 9.17) is 14.2 Å². The molecule has 0 aliphatic carbocycles. The zero-order valence-electron chi connectivity index (χ0n) is 9.38. The third-order valence-electron chi connectivity index (χ3n) is 3.65. The molecule has 3 aliphatic rings. The molecule has 1 saturated heterocycles. The number of ether oxygens (including phenoxy) is 3. The van der Waals surface area contributed by atoms with Crippen LogP contribution in [-0.4, -0.2) is 36.7 Å². The van der Waals surface area contributed by atoms with E-state index < -0.39 is 6.29 Å². The van der Waals surface area contributed by atoms with E-state index in [0.717, 1.165) is 5.56 Å². The van der Waals surface area contributed by atoms with Crippen molar-refractivity contribution in [2.24, 2.45) is 0 Å². The topological polar surface area (TPSA) is 77.0 Å². The summed E-state index contributed by atoms with van der Waals surface area (Å²) in [5.74, 6) is 0.770. The van der Waals surface area contributed by atoms with E-state index in [2.05, 4.69) is 5.32 Å². The minimum atomic E-state index is -0.894. The van der Waals surface area contributed by atoms with Crippen LogP contribution >= 0.6 is 0 Å². The third kappa shape index (κ3) is 1.21. The van der Waals surface area contributed by atoms with Gasteiger partial charge in [0.1, 0.15) is 0 Å². The first kappa shape index (κ1) is 10.2. The molecule has 0 aromatic heterocycles. The van der Waals surface area contributed by atoms with Gasteiger partial charge >= 0.3 is 0 Å². The molecule has 1 aromatic carbocycles. The van der Waals surface area contributed by atoms with Crippen LogP contribution in [0.1, 0.15) is 21.8 Å². The van der Waals surface area contributed by atoms with E-state index in [0.29, 0.717) is 23.7 Å². The van der Waals surface area contributed by atoms with E-state index >= 15 is 0 Å². The van der Waals surface area contributed by atoms with Crippen LogP contribution in [0.15, 0.2) is 12.1 Å². The lowest BCUT2D eigenvalue weighted by atomic mass is 9.85. The second kappa shape index (κ2) is 3.37. The number of hydrogen-bond acceptors (Lipinski definition) is 5. The highest BCUT2D eigenvalue weighted by Crippen LogP contribution is 2.42. The lowest BCUT2D eigenvalue weighted by Gasteiger charge is -2.28. The summed E-state index contributed by atoms with van der Waals surface area (Å²) in [6, 6.07) is 3.25. The first-order chi connectivity index (χ1) is 8.74. The van der Waals surface area contributed by atoms with Gasteiger partial charge < -0.3 is 24.6 Å². The van der Waals surface area contributed by atoms with Gasteiger partial charge in [-0.25, -0.2) is 0 Å². The molecule has 2 N–H and O–H groups in total. The normalized spacial score (nSPS) is 31.8. The van der Waals surface area contributed by atoms with Crippen LogP contribution < -0.4 is 14.8 Å². The Morgan fingerprint density at radius 1 is 1.28 bits per heavy atom. The van der Waals surface area contributed by atoms with Gasteiger partial charge in [0.2, 0.25) is 6.79 Å². The number of rotatable bonds is 0. The highest BCUT2D eigenvalue weighted by Gasteiger charge is 2.44. The number of carbonyl (C=O) groups excluding carboxylic acids is 1. The summed E-state index contributed by atoms with van der Waals surface area (Å²) in [6.07, 6.45) is -0.894. The van der Waals surface area contributed by atoms with Crippen molar-refractivity contribution < 1.29 is 24.1 Å². The molecule has 94 valence electrons. The van der Waals surface area contributed by atoms with Crippen LogP contribution in [0.2, 0.25) is 0 Å². The van der Waals surface area contributed by atoms with Crippen molar-refractivity contribution in [3.8, 4) is 11.5 Å². The number of amides is 1. The monoisotopic (exact) mass is 249 g/mol. The van der Waals surface area contributed by atoms with Crippen LogP contribution in [0.5, 0.6) is 11.5 Å². The first-order valence-electron chi connectivity index (χ1n) is 5.78. The lowest BCUT2D eigenvalue weighted by Crippen LogP contribution is -2.45. The Hall–Kier alpha value is -1.79. The van der Waals surface area contributed by atoms with Crippen molar-refractivity contribution in [2.45, 2.75) is 18.2 Å². The second-order valence-electron chi connectivity index (χ2n) is 4.62. The molecule has 0 saturated carbocycles. The van der Waals surface area contributed by atoms with Crippen LogP contribution in [0.3, 0.4) is 0 Å². The average Bonchev–Trinajstić information content (AvgIpc) is 2.94. The minimum absolute atomic E-state index is 0.160. The summed E-state index contributed by atoms with van der Waals surface area (Å²) in [5.41, 5.74) is 1.28. The molecule has 18 heavy (non-hydrogen) atoms. The summed E-state index contributed by atoms with van der Waals surface area (Å²) >= 11 is 0. The Balaban J connectivity index is 1.90. The highest BCUT2D eigenvalue weighted by atomic mass is 16.7. The Kier molecular flexibility index (Phi) is 1.90. The summed E-state index contributed by atoms with van der Waals surface area (Å²) in [4.78, 5) is 12.0. The summed E-state index contributed by atoms with van der Waals surface area (Å²) < 4.78 is 15.8. The smallest absolute Gasteiger partial charge is 0.252 e. The van der Waals surface area contributed by atoms with Crippen LogP contribution in [0, 0.1) is 0 Å². The van der Waals surface area contributed by atoms with E-state index in [1.165, 1.54) is 0 Å². The Labute approximate surface area is 102 Å². The molecule has 4 rings (SSSR count). The molecule has 6 heteroatoms. The molecule has 0 bridgehead atoms. The zero-order chi connectivity index (χ0) is 12.3. The molecule has 1 fully saturated rings. The van der Waals surface area contributed by atoms with Gasteiger partial charge in [0.15, 0.2) is 17.8 Å². The standard InChI is InChI=1S/C12H11NO5/c14-11-6-2-9-8(17-4-18-9)1-5(6)10-7(13-11)3-16-12(10)15/h1-2,7,10,12,15H,3-4H2,(H,13,14)/t7-,10+,12+/m0/s1. The number of aliphatic hydroxyl groups excluding tert-OH is 1. The molecule has 6 nitrogen and oxygen atoms in total. The number of nitrogens with one attached hydrogen (secondary N) is 1. The Bertz CT molecular complexity index is 544. The SMILES string of the molecule is O=C1N[C@H]2CO[C@@H](O)[C@@H]2c2cc3c(cc21)OCO3. The maximum Gasteiger partial charge on any atom is 0.252 e. The van der Waals surface area contributed by atoms with Gasteiger partial charge in [-0.05, 0) is 17.7 Å². The van der Waals surface area contributed by atoms with Crippen molar-refractivity contribution >= 4 is 5.91 Å². The van der Waals surface area contributed by atoms with Gasteiger partial charge in [-0.2, -0.15) is 0 Å². The van der Waals surface area contributed by atoms with Gasteiger partial charge in [-0.1, -0.05) is 0 Å². The molecule has 3 heterocycles. The molecule has 0 unspecified atom stereocenters. The zero-order valence-corrected chi connectivity index (χ0v) is 9.38. The quantitative estimate of drug-likeness (QED) is 0.674. The Morgan fingerprint density at radius 2 is 2.06 bits per heavy atom. The fourth-order valence-corrected chi connectivity index (χ4v) is 2.79. The minimum Gasteiger partial charge on any atom is -0.454 e. The number of fused-ring (bicyclic) bond motifs is 4. The average molecular weight is 249 g/mol. The summed E-state index contributed by atoms with van der Waals surface area (Å²) in [7, 11) is 0. The van der Waals surface area contributed by atoms with Crippen molar-refractivity contribution in [1.82, 2.24) is 5.32 Å². The Morgan fingerprint density at radius 3 is 2.89 bits per heavy atom. The molecular weight excluding hydrogens is 238 g/mol. The molecule has 0 spiro atoms. The van der Waals surface area contributed by atoms with Crippen molar-refractivity contribution in [3.05, 3.63) is 23.3 Å². The molecule has 1 aromatic rings. The molecule has 0 radical (unpaired) electrons. The largest absolute Gasteiger partial charge is 0.454 e. The molecular formula is C12H11NO5. The van der Waals surface area contributed by atoms with E-state index in [-0.39, 0.29) is 24.7 Å². The van der Waals surface area contributed by atoms with Crippen molar-refractivity contribution in [3.63, 3.8) is 0 Å². The molecule has 1 amide bonds. The van der Waals surface area contributed by atoms with Crippen LogP contribution in [0.4, 0.5) is 0 Å². The van der Waals surface area contributed by atoms with Gasteiger partial charge in [0.05, 0.1) is 18.6 Å². The van der Waals surface area contributed by atoms with E-state index in [1.54, 1.807) is 12.1 Å². The predicted molar refractivity (Wildman–Crippen MR) is 58.5 cm³/mol. The van der Waals surface area contributed by atoms with E-state index in [1.807, 2.05) is 0 Å². The maximum atomic E-state index is 12.0. The van der Waals surface area contributed by atoms with Crippen molar-refractivity contribution in [1.29, 1.82) is 0 Å². The van der Waals surface area contributed by atoms with Gasteiger partial charge in [0, 0.05) is 5.56 Å². The van der Waals surface area contributed by atoms with Crippen molar-refractivity contribution in [2.75, 3.05) is 13.4 Å². The van der Waals surface area contributed by atoms with Gasteiger partial charge in [-0.3, -0.25) is 4.79 Å². The number of carbonyl (C=O) groups is 1. The third-order valence-corrected chi connectivity index (χ3v) is 3.65. The predicted octanol–water partition coefficient (Wildman–Crippen LogP) is -0.0405. The number of aliphatic hydroxyl groups is 1. The van der Waals surface area contributed by atoms with Gasteiger partial charge in [-0.15, -0.1) is 0 Å². The second-order valence-corrected chi connectivity index (χ2v) is 4.62. The fraction of sp³-hybridized carbons (Fsp3) is 0.417. The molecule has 3 atom stereocenters. The van der Waals surface area contributed by atoms with Crippen LogP contribution in [-0.2, 0) is 4.74 Å². The number of hydrogen-bond donors (Lipinski definition) is 2. The number of benzene rings is 1. The fourth-order valence-electron chi connectivity index (χ4n) is 2.79. The summed E-state index contributed by atoms with van der Waals surface area (Å²) in [5, 5.41) is 12.7. The molecule has 3 aliphatic heterocycles. The van der Waals surface area contributed by atoms with Gasteiger partial charge in [0.25, 0.3) is 5.91 Å². The maximum absolute atomic E-state index is 12.0.